The Bertz CT molecular complexity index is 310. The standard InChI is InChI=1S/C10H8N2.Ru/c1-3-9(7-11-5-1)10-4-2-6-12-8-10;/h1-8H;. The summed E-state index contributed by atoms with van der Waals surface area (Å²) in [5, 5.41) is 0. The Morgan fingerprint density at radius 2 is 1.23 bits per heavy atom. The average molecular weight is 257 g/mol. The second-order valence-electron chi connectivity index (χ2n) is 2.48. The van der Waals surface area contributed by atoms with E-state index in [2.05, 4.69) is 9.97 Å². The van der Waals surface area contributed by atoms with Gasteiger partial charge in [-0.15, -0.1) is 0 Å². The van der Waals surface area contributed by atoms with E-state index in [9.17, 15) is 0 Å². The van der Waals surface area contributed by atoms with Gasteiger partial charge in [-0.25, -0.2) is 0 Å². The molecule has 66 valence electrons. The number of hydrogen-bond acceptors (Lipinski definition) is 2. The number of aromatic nitrogens is 2. The van der Waals surface area contributed by atoms with Crippen molar-refractivity contribution < 1.29 is 19.5 Å². The Labute approximate surface area is 89.8 Å². The van der Waals surface area contributed by atoms with Gasteiger partial charge in [-0.05, 0) is 12.1 Å². The number of pyridine rings is 2. The average Bonchev–Trinajstić information content (AvgIpc) is 2.21. The summed E-state index contributed by atoms with van der Waals surface area (Å²) in [6, 6.07) is 7.87. The van der Waals surface area contributed by atoms with Crippen LogP contribution in [0.25, 0.3) is 11.1 Å². The van der Waals surface area contributed by atoms with Crippen LogP contribution < -0.4 is 0 Å². The van der Waals surface area contributed by atoms with E-state index in [1.807, 2.05) is 36.7 Å². The molecule has 0 aliphatic carbocycles. The molecule has 2 aromatic heterocycles. The summed E-state index contributed by atoms with van der Waals surface area (Å²) in [5.41, 5.74) is 2.20. The van der Waals surface area contributed by atoms with E-state index in [0.717, 1.165) is 11.1 Å². The van der Waals surface area contributed by atoms with Gasteiger partial charge in [0, 0.05) is 55.4 Å². The van der Waals surface area contributed by atoms with Crippen LogP contribution in [-0.2, 0) is 19.5 Å². The quantitative estimate of drug-likeness (QED) is 0.731. The smallest absolute Gasteiger partial charge is 0.0346 e. The molecule has 2 heterocycles. The van der Waals surface area contributed by atoms with Gasteiger partial charge < -0.3 is 0 Å². The zero-order valence-corrected chi connectivity index (χ0v) is 8.60. The Morgan fingerprint density at radius 1 is 0.769 bits per heavy atom. The molecule has 0 spiro atoms. The second kappa shape index (κ2) is 4.83. The van der Waals surface area contributed by atoms with E-state index in [1.165, 1.54) is 0 Å². The van der Waals surface area contributed by atoms with Crippen molar-refractivity contribution in [1.29, 1.82) is 0 Å². The van der Waals surface area contributed by atoms with E-state index in [1.54, 1.807) is 12.4 Å². The second-order valence-corrected chi connectivity index (χ2v) is 2.48. The van der Waals surface area contributed by atoms with Gasteiger partial charge in [-0.1, -0.05) is 12.1 Å². The van der Waals surface area contributed by atoms with E-state index < -0.39 is 0 Å². The molecule has 0 saturated heterocycles. The van der Waals surface area contributed by atoms with Gasteiger partial charge in [0.2, 0.25) is 0 Å². The Kier molecular flexibility index (Phi) is 3.72. The molecule has 0 aromatic carbocycles. The van der Waals surface area contributed by atoms with Gasteiger partial charge in [-0.2, -0.15) is 0 Å². The van der Waals surface area contributed by atoms with Crippen LogP contribution >= 0.6 is 0 Å². The Balaban J connectivity index is 0.000000845. The molecule has 0 aliphatic rings. The molecule has 0 N–H and O–H groups in total. The minimum Gasteiger partial charge on any atom is -0.264 e. The van der Waals surface area contributed by atoms with Crippen LogP contribution in [0.3, 0.4) is 0 Å². The third kappa shape index (κ3) is 2.43. The van der Waals surface area contributed by atoms with Crippen molar-refractivity contribution >= 4 is 0 Å². The van der Waals surface area contributed by atoms with Crippen LogP contribution in [0.15, 0.2) is 49.1 Å². The van der Waals surface area contributed by atoms with Crippen molar-refractivity contribution in [3.05, 3.63) is 49.1 Å². The fraction of sp³-hybridized carbons (Fsp3) is 0. The monoisotopic (exact) mass is 258 g/mol. The van der Waals surface area contributed by atoms with Crippen molar-refractivity contribution in [3.8, 4) is 11.1 Å². The van der Waals surface area contributed by atoms with Crippen LogP contribution in [0, 0.1) is 0 Å². The molecule has 0 unspecified atom stereocenters. The van der Waals surface area contributed by atoms with Crippen molar-refractivity contribution in [3.63, 3.8) is 0 Å². The predicted octanol–water partition coefficient (Wildman–Crippen LogP) is 2.14. The first-order valence-electron chi connectivity index (χ1n) is 3.77. The van der Waals surface area contributed by atoms with Crippen LogP contribution in [-0.4, -0.2) is 9.97 Å². The maximum Gasteiger partial charge on any atom is 0.0346 e. The maximum absolute atomic E-state index is 4.03. The van der Waals surface area contributed by atoms with Crippen molar-refractivity contribution in [1.82, 2.24) is 9.97 Å². The number of nitrogens with zero attached hydrogens (tertiary/aromatic N) is 2. The van der Waals surface area contributed by atoms with E-state index in [4.69, 9.17) is 0 Å². The minimum absolute atomic E-state index is 0. The maximum atomic E-state index is 4.03. The first kappa shape index (κ1) is 10.0. The molecule has 0 atom stereocenters. The third-order valence-electron chi connectivity index (χ3n) is 1.66. The summed E-state index contributed by atoms with van der Waals surface area (Å²) < 4.78 is 0. The fourth-order valence-electron chi connectivity index (χ4n) is 1.07. The van der Waals surface area contributed by atoms with E-state index in [0.29, 0.717) is 0 Å². The molecule has 0 fully saturated rings. The molecule has 3 heteroatoms. The first-order valence-corrected chi connectivity index (χ1v) is 3.77. The summed E-state index contributed by atoms with van der Waals surface area (Å²) in [4.78, 5) is 8.07. The SMILES string of the molecule is [Ru].c1cncc(-c2cccnc2)c1. The first-order chi connectivity index (χ1) is 5.97. The number of hydrogen-bond donors (Lipinski definition) is 0. The van der Waals surface area contributed by atoms with Gasteiger partial charge in [0.05, 0.1) is 0 Å². The van der Waals surface area contributed by atoms with Crippen LogP contribution in [0.5, 0.6) is 0 Å². The summed E-state index contributed by atoms with van der Waals surface area (Å²) >= 11 is 0. The molecular weight excluding hydrogens is 249 g/mol. The summed E-state index contributed by atoms with van der Waals surface area (Å²) in [6.45, 7) is 0. The topological polar surface area (TPSA) is 25.8 Å². The van der Waals surface area contributed by atoms with Crippen molar-refractivity contribution in [2.75, 3.05) is 0 Å². The molecule has 2 aromatic rings. The predicted molar refractivity (Wildman–Crippen MR) is 47.5 cm³/mol. The Hall–Kier alpha value is -1.08. The molecular formula is C10H8N2Ru. The zero-order valence-electron chi connectivity index (χ0n) is 6.87. The molecule has 2 rings (SSSR count). The molecule has 2 nitrogen and oxygen atoms in total. The molecule has 13 heavy (non-hydrogen) atoms. The summed E-state index contributed by atoms with van der Waals surface area (Å²) in [7, 11) is 0. The van der Waals surface area contributed by atoms with E-state index in [-0.39, 0.29) is 19.5 Å². The van der Waals surface area contributed by atoms with Gasteiger partial charge in [0.1, 0.15) is 0 Å². The van der Waals surface area contributed by atoms with Gasteiger partial charge in [-0.3, -0.25) is 9.97 Å². The van der Waals surface area contributed by atoms with Gasteiger partial charge >= 0.3 is 0 Å². The van der Waals surface area contributed by atoms with Crippen LogP contribution in [0.4, 0.5) is 0 Å². The molecule has 0 saturated carbocycles. The normalized spacial score (nSPS) is 8.92. The zero-order chi connectivity index (χ0) is 8.23. The Morgan fingerprint density at radius 3 is 1.54 bits per heavy atom. The largest absolute Gasteiger partial charge is 0.264 e. The molecule has 0 radical (unpaired) electrons. The van der Waals surface area contributed by atoms with Crippen molar-refractivity contribution in [2.45, 2.75) is 0 Å². The molecule has 0 bridgehead atoms. The molecule has 0 amide bonds. The minimum atomic E-state index is 0. The van der Waals surface area contributed by atoms with Crippen molar-refractivity contribution in [2.24, 2.45) is 0 Å². The third-order valence-corrected chi connectivity index (χ3v) is 1.66. The molecule has 0 aliphatic heterocycles. The fourth-order valence-corrected chi connectivity index (χ4v) is 1.07. The number of rotatable bonds is 1. The van der Waals surface area contributed by atoms with Crippen LogP contribution in [0.2, 0.25) is 0 Å². The van der Waals surface area contributed by atoms with Crippen LogP contribution in [0.1, 0.15) is 0 Å². The summed E-state index contributed by atoms with van der Waals surface area (Å²) in [5.74, 6) is 0. The van der Waals surface area contributed by atoms with Gasteiger partial charge in [0.25, 0.3) is 0 Å². The summed E-state index contributed by atoms with van der Waals surface area (Å²) in [6.07, 6.45) is 7.19. The van der Waals surface area contributed by atoms with Gasteiger partial charge in [0.15, 0.2) is 0 Å². The van der Waals surface area contributed by atoms with E-state index >= 15 is 0 Å².